The quantitative estimate of drug-likeness (QED) is 0.526. The molecular weight excluding hydrogens is 443 g/mol. The number of amides is 2. The molecular formula is C20H19FN4O4S2. The number of hydrogen-bond donors (Lipinski definition) is 3. The first kappa shape index (κ1) is 21.2. The number of hydrogen-bond acceptors (Lipinski definition) is 7. The first-order valence-corrected chi connectivity index (χ1v) is 11.2. The van der Waals surface area contributed by atoms with Crippen molar-refractivity contribution in [3.8, 4) is 26.9 Å². The van der Waals surface area contributed by atoms with E-state index in [-0.39, 0.29) is 11.6 Å². The number of aromatic nitrogens is 2. The third-order valence-electron chi connectivity index (χ3n) is 4.91. The van der Waals surface area contributed by atoms with Crippen LogP contribution in [0.4, 0.5) is 9.18 Å². The Hall–Kier alpha value is -3.05. The average molecular weight is 463 g/mol. The highest BCUT2D eigenvalue weighted by molar-refractivity contribution is 7.16. The molecule has 1 saturated heterocycles. The number of thiazole rings is 2. The van der Waals surface area contributed by atoms with Gasteiger partial charge in [0.25, 0.3) is 0 Å². The summed E-state index contributed by atoms with van der Waals surface area (Å²) in [6.45, 7) is 3.70. The summed E-state index contributed by atoms with van der Waals surface area (Å²) in [4.78, 5) is 34.7. The minimum Gasteiger partial charge on any atom is -0.507 e. The zero-order chi connectivity index (χ0) is 22.1. The number of rotatable bonds is 5. The lowest BCUT2D eigenvalue weighted by atomic mass is 10.1. The smallest absolute Gasteiger partial charge is 0.339 e. The molecule has 0 saturated carbocycles. The van der Waals surface area contributed by atoms with Crippen molar-refractivity contribution in [1.29, 1.82) is 0 Å². The Morgan fingerprint density at radius 1 is 1.26 bits per heavy atom. The van der Waals surface area contributed by atoms with Crippen LogP contribution in [0, 0.1) is 12.7 Å². The van der Waals surface area contributed by atoms with Crippen LogP contribution in [0.15, 0.2) is 17.5 Å². The molecule has 2 aromatic heterocycles. The van der Waals surface area contributed by atoms with Crippen molar-refractivity contribution in [3.63, 3.8) is 0 Å². The van der Waals surface area contributed by atoms with Gasteiger partial charge in [0.05, 0.1) is 22.8 Å². The molecule has 0 unspecified atom stereocenters. The van der Waals surface area contributed by atoms with Crippen LogP contribution in [0.3, 0.4) is 0 Å². The van der Waals surface area contributed by atoms with Gasteiger partial charge in [0.2, 0.25) is 0 Å². The SMILES string of the molecule is Cc1nc(CNC(=O)N2CCCC2)sc1-c1csc(-c2cc(O)c(C(=O)O)cc2F)n1. The first-order valence-electron chi connectivity index (χ1n) is 9.54. The van der Waals surface area contributed by atoms with Gasteiger partial charge in [-0.15, -0.1) is 22.7 Å². The molecule has 0 spiro atoms. The van der Waals surface area contributed by atoms with Gasteiger partial charge in [0.1, 0.15) is 27.1 Å². The van der Waals surface area contributed by atoms with Gasteiger partial charge in [-0.05, 0) is 31.9 Å². The van der Waals surface area contributed by atoms with Gasteiger partial charge in [-0.25, -0.2) is 23.9 Å². The largest absolute Gasteiger partial charge is 0.507 e. The molecule has 1 aromatic carbocycles. The zero-order valence-electron chi connectivity index (χ0n) is 16.5. The Kier molecular flexibility index (Phi) is 5.88. The third kappa shape index (κ3) is 4.37. The van der Waals surface area contributed by atoms with Crippen molar-refractivity contribution >= 4 is 34.7 Å². The highest BCUT2D eigenvalue weighted by Gasteiger charge is 2.21. The lowest BCUT2D eigenvalue weighted by Crippen LogP contribution is -2.37. The molecule has 11 heteroatoms. The Morgan fingerprint density at radius 2 is 2.00 bits per heavy atom. The summed E-state index contributed by atoms with van der Waals surface area (Å²) < 4.78 is 14.4. The Morgan fingerprint density at radius 3 is 2.71 bits per heavy atom. The Labute approximate surface area is 185 Å². The summed E-state index contributed by atoms with van der Waals surface area (Å²) in [6.07, 6.45) is 2.05. The summed E-state index contributed by atoms with van der Waals surface area (Å²) in [7, 11) is 0. The van der Waals surface area contributed by atoms with E-state index < -0.39 is 23.1 Å². The maximum atomic E-state index is 14.4. The van der Waals surface area contributed by atoms with E-state index >= 15 is 0 Å². The van der Waals surface area contributed by atoms with E-state index in [1.165, 1.54) is 22.7 Å². The van der Waals surface area contributed by atoms with Crippen molar-refractivity contribution in [2.24, 2.45) is 0 Å². The minimum atomic E-state index is -1.41. The second kappa shape index (κ2) is 8.60. The summed E-state index contributed by atoms with van der Waals surface area (Å²) in [5.41, 5.74) is 0.876. The van der Waals surface area contributed by atoms with Gasteiger partial charge in [0, 0.05) is 24.0 Å². The second-order valence-electron chi connectivity index (χ2n) is 7.07. The van der Waals surface area contributed by atoms with Crippen LogP contribution in [0.25, 0.3) is 21.1 Å². The van der Waals surface area contributed by atoms with Crippen LogP contribution in [-0.4, -0.2) is 50.2 Å². The average Bonchev–Trinajstić information content (AvgIpc) is 3.48. The Balaban J connectivity index is 1.52. The Bertz CT molecular complexity index is 1150. The van der Waals surface area contributed by atoms with Crippen LogP contribution >= 0.6 is 22.7 Å². The number of nitrogens with zero attached hydrogens (tertiary/aromatic N) is 3. The number of benzene rings is 1. The van der Waals surface area contributed by atoms with E-state index in [1.807, 2.05) is 6.92 Å². The van der Waals surface area contributed by atoms with Crippen LogP contribution in [0.1, 0.15) is 33.9 Å². The molecule has 2 amide bonds. The maximum absolute atomic E-state index is 14.4. The summed E-state index contributed by atoms with van der Waals surface area (Å²) >= 11 is 2.58. The molecule has 0 aliphatic carbocycles. The molecule has 3 aromatic rings. The number of carbonyl (C=O) groups excluding carboxylic acids is 1. The van der Waals surface area contributed by atoms with Gasteiger partial charge in [-0.3, -0.25) is 0 Å². The predicted octanol–water partition coefficient (Wildman–Crippen LogP) is 4.09. The second-order valence-corrected chi connectivity index (χ2v) is 9.01. The molecule has 0 radical (unpaired) electrons. The van der Waals surface area contributed by atoms with Crippen molar-refractivity contribution < 1.29 is 24.2 Å². The van der Waals surface area contributed by atoms with Gasteiger partial charge >= 0.3 is 12.0 Å². The number of aromatic hydroxyl groups is 1. The molecule has 31 heavy (non-hydrogen) atoms. The minimum absolute atomic E-state index is 0.0269. The lowest BCUT2D eigenvalue weighted by molar-refractivity contribution is 0.0693. The molecule has 0 atom stereocenters. The van der Waals surface area contributed by atoms with Crippen LogP contribution < -0.4 is 5.32 Å². The standard InChI is InChI=1S/C20H19FN4O4S2/c1-10-17(31-16(23-10)8-22-20(29)25-4-2-3-5-25)14-9-30-18(24-14)11-7-15(26)12(19(27)28)6-13(11)21/h6-7,9,26H,2-5,8H2,1H3,(H,22,29)(H,27,28). The van der Waals surface area contributed by atoms with E-state index in [0.29, 0.717) is 17.2 Å². The van der Waals surface area contributed by atoms with Crippen molar-refractivity contribution in [2.75, 3.05) is 13.1 Å². The number of urea groups is 1. The number of carboxylic acids is 1. The van der Waals surface area contributed by atoms with E-state index in [0.717, 1.165) is 53.6 Å². The molecule has 162 valence electrons. The third-order valence-corrected chi connectivity index (χ3v) is 6.96. The van der Waals surface area contributed by atoms with E-state index in [4.69, 9.17) is 5.11 Å². The monoisotopic (exact) mass is 462 g/mol. The molecule has 3 N–H and O–H groups in total. The normalized spacial score (nSPS) is 13.5. The number of aromatic carboxylic acids is 1. The number of nitrogens with one attached hydrogen (secondary N) is 1. The summed E-state index contributed by atoms with van der Waals surface area (Å²) in [5.74, 6) is -2.71. The fraction of sp³-hybridized carbons (Fsp3) is 0.300. The van der Waals surface area contributed by atoms with E-state index in [1.54, 1.807) is 10.3 Å². The van der Waals surface area contributed by atoms with Crippen LogP contribution in [-0.2, 0) is 6.54 Å². The summed E-state index contributed by atoms with van der Waals surface area (Å²) in [5, 5.41) is 24.6. The fourth-order valence-electron chi connectivity index (χ4n) is 3.35. The number of phenols is 1. The maximum Gasteiger partial charge on any atom is 0.339 e. The molecule has 8 nitrogen and oxygen atoms in total. The number of aryl methyl sites for hydroxylation is 1. The van der Waals surface area contributed by atoms with Crippen molar-refractivity contribution in [3.05, 3.63) is 39.6 Å². The summed E-state index contributed by atoms with van der Waals surface area (Å²) in [6, 6.07) is 1.76. The van der Waals surface area contributed by atoms with Gasteiger partial charge in [-0.1, -0.05) is 0 Å². The lowest BCUT2D eigenvalue weighted by Gasteiger charge is -2.15. The fourth-order valence-corrected chi connectivity index (χ4v) is 5.22. The first-order chi connectivity index (χ1) is 14.8. The molecule has 1 aliphatic heterocycles. The molecule has 1 aliphatic rings. The van der Waals surface area contributed by atoms with Crippen LogP contribution in [0.5, 0.6) is 5.75 Å². The highest BCUT2D eigenvalue weighted by atomic mass is 32.1. The topological polar surface area (TPSA) is 116 Å². The van der Waals surface area contributed by atoms with Gasteiger partial charge < -0.3 is 20.4 Å². The highest BCUT2D eigenvalue weighted by Crippen LogP contribution is 2.36. The molecule has 0 bridgehead atoms. The van der Waals surface area contributed by atoms with Crippen LogP contribution in [0.2, 0.25) is 0 Å². The van der Waals surface area contributed by atoms with Gasteiger partial charge in [0.15, 0.2) is 0 Å². The van der Waals surface area contributed by atoms with Crippen molar-refractivity contribution in [1.82, 2.24) is 20.2 Å². The molecule has 4 rings (SSSR count). The predicted molar refractivity (Wildman–Crippen MR) is 115 cm³/mol. The van der Waals surface area contributed by atoms with E-state index in [9.17, 15) is 19.1 Å². The molecule has 1 fully saturated rings. The number of carboxylic acid groups (broad SMARTS) is 1. The van der Waals surface area contributed by atoms with Gasteiger partial charge in [-0.2, -0.15) is 0 Å². The number of halogens is 1. The van der Waals surface area contributed by atoms with Crippen molar-refractivity contribution in [2.45, 2.75) is 26.3 Å². The van der Waals surface area contributed by atoms with E-state index in [2.05, 4.69) is 15.3 Å². The number of carbonyl (C=O) groups is 2. The molecule has 3 heterocycles. The number of likely N-dealkylation sites (tertiary alicyclic amines) is 1. The zero-order valence-corrected chi connectivity index (χ0v) is 18.1.